The Morgan fingerprint density at radius 3 is 2.60 bits per heavy atom. The van der Waals surface area contributed by atoms with Crippen LogP contribution in [-0.4, -0.2) is 58.6 Å². The zero-order valence-electron chi connectivity index (χ0n) is 15.0. The summed E-state index contributed by atoms with van der Waals surface area (Å²) in [6.07, 6.45) is 4.62. The number of hydrogen-bond donors (Lipinski definition) is 0. The molecule has 0 atom stereocenters. The molecule has 1 fully saturated rings. The minimum Gasteiger partial charge on any atom is -0.379 e. The molecule has 2 aromatic rings. The van der Waals surface area contributed by atoms with Crippen molar-refractivity contribution in [3.63, 3.8) is 0 Å². The molecule has 0 N–H and O–H groups in total. The van der Waals surface area contributed by atoms with E-state index in [1.165, 1.54) is 4.31 Å². The Labute approximate surface area is 148 Å². The van der Waals surface area contributed by atoms with E-state index in [0.717, 1.165) is 18.5 Å². The summed E-state index contributed by atoms with van der Waals surface area (Å²) in [7, 11) is -3.53. The van der Waals surface area contributed by atoms with E-state index in [0.29, 0.717) is 49.1 Å². The quantitative estimate of drug-likeness (QED) is 0.760. The van der Waals surface area contributed by atoms with Crippen LogP contribution in [0.1, 0.15) is 23.9 Å². The first-order chi connectivity index (χ1) is 11.9. The molecule has 8 nitrogen and oxygen atoms in total. The lowest BCUT2D eigenvalue weighted by molar-refractivity contribution is 0.0730. The second-order valence-electron chi connectivity index (χ2n) is 6.19. The number of hydrogen-bond acceptors (Lipinski definition) is 5. The third-order valence-corrected chi connectivity index (χ3v) is 6.66. The molecular formula is C16H25N5O3S. The van der Waals surface area contributed by atoms with Gasteiger partial charge in [-0.2, -0.15) is 14.5 Å². The molecule has 3 rings (SSSR count). The fourth-order valence-electron chi connectivity index (χ4n) is 3.13. The second kappa shape index (κ2) is 7.27. The van der Waals surface area contributed by atoms with Gasteiger partial charge in [0.25, 0.3) is 0 Å². The van der Waals surface area contributed by atoms with Crippen LogP contribution in [0, 0.1) is 13.8 Å². The highest BCUT2D eigenvalue weighted by molar-refractivity contribution is 7.89. The van der Waals surface area contributed by atoms with Crippen molar-refractivity contribution in [2.45, 2.75) is 45.2 Å². The molecule has 0 aliphatic carbocycles. The van der Waals surface area contributed by atoms with Crippen molar-refractivity contribution in [2.75, 3.05) is 26.3 Å². The monoisotopic (exact) mass is 367 g/mol. The van der Waals surface area contributed by atoms with E-state index < -0.39 is 10.0 Å². The molecule has 0 saturated carbocycles. The molecule has 2 aromatic heterocycles. The highest BCUT2D eigenvalue weighted by Crippen LogP contribution is 2.24. The van der Waals surface area contributed by atoms with E-state index in [-0.39, 0.29) is 0 Å². The molecule has 0 amide bonds. The van der Waals surface area contributed by atoms with Crippen LogP contribution in [0.2, 0.25) is 0 Å². The zero-order chi connectivity index (χ0) is 18.0. The maximum absolute atomic E-state index is 13.0. The standard InChI is InChI=1S/C16H25N5O3S/c1-4-19-12-15(11-17-19)5-6-21-14(3)16(13(2)18-21)25(22,23)20-7-9-24-10-8-20/h11-12H,4-10H2,1-3H3. The summed E-state index contributed by atoms with van der Waals surface area (Å²) < 4.78 is 36.3. The SMILES string of the molecule is CCn1cc(CCn2nc(C)c(S(=O)(=O)N3CCOCC3)c2C)cn1. The summed E-state index contributed by atoms with van der Waals surface area (Å²) in [6, 6.07) is 0. The predicted octanol–water partition coefficient (Wildman–Crippen LogP) is 0.980. The van der Waals surface area contributed by atoms with E-state index >= 15 is 0 Å². The number of aromatic nitrogens is 4. The number of sulfonamides is 1. The maximum Gasteiger partial charge on any atom is 0.246 e. The molecular weight excluding hydrogens is 342 g/mol. The first-order valence-electron chi connectivity index (χ1n) is 8.56. The van der Waals surface area contributed by atoms with Crippen LogP contribution in [0.3, 0.4) is 0 Å². The summed E-state index contributed by atoms with van der Waals surface area (Å²) in [5.74, 6) is 0. The van der Waals surface area contributed by atoms with Gasteiger partial charge in [0, 0.05) is 32.4 Å². The second-order valence-corrected chi connectivity index (χ2v) is 8.07. The third-order valence-electron chi connectivity index (χ3n) is 4.51. The van der Waals surface area contributed by atoms with Crippen LogP contribution in [-0.2, 0) is 34.3 Å². The van der Waals surface area contributed by atoms with Crippen molar-refractivity contribution in [3.8, 4) is 0 Å². The molecule has 1 aliphatic heterocycles. The third kappa shape index (κ3) is 3.63. The van der Waals surface area contributed by atoms with Crippen molar-refractivity contribution >= 4 is 10.0 Å². The van der Waals surface area contributed by atoms with Gasteiger partial charge in [-0.25, -0.2) is 8.42 Å². The first-order valence-corrected chi connectivity index (χ1v) is 10.0. The Bertz CT molecular complexity index is 834. The molecule has 0 spiro atoms. The zero-order valence-corrected chi connectivity index (χ0v) is 15.8. The Kier molecular flexibility index (Phi) is 5.26. The van der Waals surface area contributed by atoms with Crippen molar-refractivity contribution in [1.82, 2.24) is 23.9 Å². The highest BCUT2D eigenvalue weighted by Gasteiger charge is 2.31. The fourth-order valence-corrected chi connectivity index (χ4v) is 4.91. The summed E-state index contributed by atoms with van der Waals surface area (Å²) in [5.41, 5.74) is 2.35. The minimum absolute atomic E-state index is 0.332. The lowest BCUT2D eigenvalue weighted by atomic mass is 10.2. The molecule has 0 aromatic carbocycles. The molecule has 0 bridgehead atoms. The fraction of sp³-hybridized carbons (Fsp3) is 0.625. The average molecular weight is 367 g/mol. The van der Waals surface area contributed by atoms with Crippen LogP contribution in [0.25, 0.3) is 0 Å². The topological polar surface area (TPSA) is 82.2 Å². The van der Waals surface area contributed by atoms with Crippen LogP contribution < -0.4 is 0 Å². The van der Waals surface area contributed by atoms with Gasteiger partial charge >= 0.3 is 0 Å². The summed E-state index contributed by atoms with van der Waals surface area (Å²) in [4.78, 5) is 0.332. The summed E-state index contributed by atoms with van der Waals surface area (Å²) in [5, 5.41) is 8.73. The number of morpholine rings is 1. The van der Waals surface area contributed by atoms with Crippen molar-refractivity contribution in [1.29, 1.82) is 0 Å². The van der Waals surface area contributed by atoms with Crippen molar-refractivity contribution < 1.29 is 13.2 Å². The normalized spacial score (nSPS) is 16.4. The minimum atomic E-state index is -3.53. The Balaban J connectivity index is 1.80. The lowest BCUT2D eigenvalue weighted by Crippen LogP contribution is -2.41. The van der Waals surface area contributed by atoms with E-state index in [4.69, 9.17) is 4.74 Å². The van der Waals surface area contributed by atoms with Crippen LogP contribution in [0.4, 0.5) is 0 Å². The Morgan fingerprint density at radius 1 is 1.24 bits per heavy atom. The Hall–Kier alpha value is -1.71. The molecule has 0 unspecified atom stereocenters. The van der Waals surface area contributed by atoms with E-state index in [9.17, 15) is 8.42 Å². The van der Waals surface area contributed by atoms with Crippen molar-refractivity contribution in [3.05, 3.63) is 29.3 Å². The predicted molar refractivity (Wildman–Crippen MR) is 92.9 cm³/mol. The van der Waals surface area contributed by atoms with Gasteiger partial charge in [-0.3, -0.25) is 9.36 Å². The first kappa shape index (κ1) is 18.1. The lowest BCUT2D eigenvalue weighted by Gasteiger charge is -2.26. The maximum atomic E-state index is 13.0. The van der Waals surface area contributed by atoms with Gasteiger partial charge in [0.05, 0.1) is 30.8 Å². The summed E-state index contributed by atoms with van der Waals surface area (Å²) in [6.45, 7) is 8.74. The van der Waals surface area contributed by atoms with E-state index in [2.05, 4.69) is 10.2 Å². The van der Waals surface area contributed by atoms with Crippen LogP contribution in [0.15, 0.2) is 17.3 Å². The Morgan fingerprint density at radius 2 is 1.96 bits per heavy atom. The number of nitrogens with zero attached hydrogens (tertiary/aromatic N) is 5. The van der Waals surface area contributed by atoms with Gasteiger partial charge in [0.15, 0.2) is 0 Å². The van der Waals surface area contributed by atoms with Crippen LogP contribution in [0.5, 0.6) is 0 Å². The van der Waals surface area contributed by atoms with Gasteiger partial charge in [0.2, 0.25) is 10.0 Å². The molecule has 0 radical (unpaired) electrons. The van der Waals surface area contributed by atoms with Gasteiger partial charge in [0.1, 0.15) is 4.90 Å². The largest absolute Gasteiger partial charge is 0.379 e. The number of rotatable bonds is 6. The molecule has 3 heterocycles. The highest BCUT2D eigenvalue weighted by atomic mass is 32.2. The van der Waals surface area contributed by atoms with E-state index in [1.807, 2.05) is 30.9 Å². The van der Waals surface area contributed by atoms with Crippen molar-refractivity contribution in [2.24, 2.45) is 0 Å². The number of aryl methyl sites for hydroxylation is 4. The van der Waals surface area contributed by atoms with Gasteiger partial charge < -0.3 is 4.74 Å². The van der Waals surface area contributed by atoms with Gasteiger partial charge in [-0.1, -0.05) is 0 Å². The summed E-state index contributed by atoms with van der Waals surface area (Å²) >= 11 is 0. The molecule has 9 heteroatoms. The smallest absolute Gasteiger partial charge is 0.246 e. The number of ether oxygens (including phenoxy) is 1. The van der Waals surface area contributed by atoms with Gasteiger partial charge in [-0.15, -0.1) is 0 Å². The molecule has 138 valence electrons. The van der Waals surface area contributed by atoms with Gasteiger partial charge in [-0.05, 0) is 32.8 Å². The molecule has 25 heavy (non-hydrogen) atoms. The van der Waals surface area contributed by atoms with E-state index in [1.54, 1.807) is 11.6 Å². The average Bonchev–Trinajstić information content (AvgIpc) is 3.18. The molecule has 1 saturated heterocycles. The molecule has 1 aliphatic rings. The van der Waals surface area contributed by atoms with Crippen LogP contribution >= 0.6 is 0 Å².